The lowest BCUT2D eigenvalue weighted by atomic mass is 9.86. The molecule has 0 saturated carbocycles. The molecule has 10 nitrogen and oxygen atoms in total. The smallest absolute Gasteiger partial charge is 0.410 e. The highest BCUT2D eigenvalue weighted by Gasteiger charge is 2.34. The zero-order valence-electron chi connectivity index (χ0n) is 23.9. The summed E-state index contributed by atoms with van der Waals surface area (Å²) in [6, 6.07) is 6.37. The number of aryl methyl sites for hydroxylation is 1. The van der Waals surface area contributed by atoms with E-state index in [0.717, 1.165) is 68.8 Å². The number of hydrogen-bond acceptors (Lipinski definition) is 7. The lowest BCUT2D eigenvalue weighted by molar-refractivity contribution is -0.134. The van der Waals surface area contributed by atoms with Gasteiger partial charge < -0.3 is 14.5 Å². The van der Waals surface area contributed by atoms with Crippen LogP contribution in [-0.4, -0.2) is 88.9 Å². The lowest BCUT2D eigenvalue weighted by Crippen LogP contribution is -2.51. The summed E-state index contributed by atoms with van der Waals surface area (Å²) in [6.07, 6.45) is 1.65. The quantitative estimate of drug-likeness (QED) is 0.597. The molecule has 39 heavy (non-hydrogen) atoms. The Morgan fingerprint density at radius 1 is 1.10 bits per heavy atom. The number of carbonyl (C=O) groups is 3. The van der Waals surface area contributed by atoms with Crippen LogP contribution in [0.15, 0.2) is 18.2 Å². The molecular weight excluding hydrogens is 496 g/mol. The molecule has 2 aromatic rings. The number of likely N-dealkylation sites (tertiary alicyclic amines) is 1. The summed E-state index contributed by atoms with van der Waals surface area (Å²) in [7, 11) is 1.91. The Morgan fingerprint density at radius 2 is 1.85 bits per heavy atom. The molecule has 4 heterocycles. The van der Waals surface area contributed by atoms with Crippen molar-refractivity contribution >= 4 is 34.5 Å². The fourth-order valence-electron chi connectivity index (χ4n) is 6.16. The number of benzene rings is 1. The van der Waals surface area contributed by atoms with Gasteiger partial charge >= 0.3 is 6.09 Å². The Balaban J connectivity index is 1.16. The van der Waals surface area contributed by atoms with Gasteiger partial charge in [-0.3, -0.25) is 24.5 Å². The molecule has 0 bridgehead atoms. The normalized spacial score (nSPS) is 25.2. The summed E-state index contributed by atoms with van der Waals surface area (Å²) in [5.41, 5.74) is 2.45. The van der Waals surface area contributed by atoms with Gasteiger partial charge in [0.15, 0.2) is 0 Å². The monoisotopic (exact) mass is 538 g/mol. The van der Waals surface area contributed by atoms with Gasteiger partial charge in [-0.15, -0.1) is 0 Å². The molecule has 1 aromatic carbocycles. The molecule has 0 aliphatic carbocycles. The molecule has 3 atom stereocenters. The maximum absolute atomic E-state index is 12.5. The molecule has 3 aliphatic rings. The molecule has 1 unspecified atom stereocenters. The Kier molecular flexibility index (Phi) is 7.59. The van der Waals surface area contributed by atoms with Crippen LogP contribution < -0.4 is 10.2 Å². The Morgan fingerprint density at radius 3 is 2.51 bits per heavy atom. The third kappa shape index (κ3) is 6.05. The summed E-state index contributed by atoms with van der Waals surface area (Å²) in [5.74, 6) is 0.163. The topological polar surface area (TPSA) is 100 Å². The van der Waals surface area contributed by atoms with Gasteiger partial charge in [0.2, 0.25) is 11.8 Å². The first kappa shape index (κ1) is 27.4. The first-order chi connectivity index (χ1) is 18.5. The van der Waals surface area contributed by atoms with E-state index in [9.17, 15) is 14.4 Å². The van der Waals surface area contributed by atoms with E-state index in [2.05, 4.69) is 45.3 Å². The van der Waals surface area contributed by atoms with E-state index in [1.54, 1.807) is 0 Å². The minimum Gasteiger partial charge on any atom is -0.444 e. The van der Waals surface area contributed by atoms with Gasteiger partial charge in [0.1, 0.15) is 5.60 Å². The zero-order chi connectivity index (χ0) is 27.9. The second-order valence-electron chi connectivity index (χ2n) is 12.5. The van der Waals surface area contributed by atoms with Crippen molar-refractivity contribution in [3.05, 3.63) is 23.9 Å². The van der Waals surface area contributed by atoms with Gasteiger partial charge in [0.05, 0.1) is 17.1 Å². The second kappa shape index (κ2) is 10.8. The Bertz CT molecular complexity index is 1240. The number of piperazine rings is 1. The van der Waals surface area contributed by atoms with Gasteiger partial charge in [-0.25, -0.2) is 4.79 Å². The first-order valence-electron chi connectivity index (χ1n) is 14.2. The Labute approximate surface area is 230 Å². The van der Waals surface area contributed by atoms with Crippen LogP contribution in [0.25, 0.3) is 10.9 Å². The molecule has 3 aliphatic heterocycles. The number of anilines is 1. The Hall–Kier alpha value is -3.14. The molecule has 3 amide bonds. The standard InChI is InChI=1S/C29H42N6O4/c1-19-17-35(28(38)39-29(2,3)4)11-10-20(19)18-33-12-14-34(15-13-33)21-6-7-22-24(16-21)32(5)31-26(22)23-8-9-25(36)30-27(23)37/h6-7,16,19-20,23H,8-15,17-18H2,1-5H3,(H,30,36,37)/t19-,20-,23?/m1/s1. The van der Waals surface area contributed by atoms with E-state index < -0.39 is 5.60 Å². The van der Waals surface area contributed by atoms with Crippen LogP contribution >= 0.6 is 0 Å². The number of fused-ring (bicyclic) bond motifs is 1. The lowest BCUT2D eigenvalue weighted by Gasteiger charge is -2.42. The van der Waals surface area contributed by atoms with E-state index in [1.807, 2.05) is 37.4 Å². The predicted octanol–water partition coefficient (Wildman–Crippen LogP) is 3.11. The van der Waals surface area contributed by atoms with E-state index >= 15 is 0 Å². The SMILES string of the molecule is C[C@@H]1CN(C(=O)OC(C)(C)C)CC[C@@H]1CN1CCN(c2ccc3c(C4CCC(=O)NC4=O)nn(C)c3c2)CC1. The number of nitrogens with zero attached hydrogens (tertiary/aromatic N) is 5. The van der Waals surface area contributed by atoms with Crippen LogP contribution in [0, 0.1) is 11.8 Å². The number of carbonyl (C=O) groups excluding carboxylic acids is 3. The molecule has 5 rings (SSSR count). The van der Waals surface area contributed by atoms with Crippen LogP contribution in [0.1, 0.15) is 58.6 Å². The minimum absolute atomic E-state index is 0.198. The largest absolute Gasteiger partial charge is 0.444 e. The van der Waals surface area contributed by atoms with Gasteiger partial charge in [0.25, 0.3) is 0 Å². The minimum atomic E-state index is -0.464. The summed E-state index contributed by atoms with van der Waals surface area (Å²) in [6.45, 7) is 14.5. The number of amides is 3. The van der Waals surface area contributed by atoms with Crippen molar-refractivity contribution in [3.8, 4) is 0 Å². The van der Waals surface area contributed by atoms with Gasteiger partial charge in [-0.2, -0.15) is 5.10 Å². The van der Waals surface area contributed by atoms with Crippen LogP contribution in [0.4, 0.5) is 10.5 Å². The molecule has 3 fully saturated rings. The fraction of sp³-hybridized carbons (Fsp3) is 0.655. The van der Waals surface area contributed by atoms with Gasteiger partial charge in [0, 0.05) is 70.4 Å². The molecule has 3 saturated heterocycles. The summed E-state index contributed by atoms with van der Waals surface area (Å²) in [4.78, 5) is 43.4. The van der Waals surface area contributed by atoms with Crippen molar-refractivity contribution in [1.29, 1.82) is 0 Å². The van der Waals surface area contributed by atoms with Crippen LogP contribution in [0.2, 0.25) is 0 Å². The number of rotatable bonds is 4. The maximum atomic E-state index is 12.5. The van der Waals surface area contributed by atoms with Crippen molar-refractivity contribution in [3.63, 3.8) is 0 Å². The highest BCUT2D eigenvalue weighted by Crippen LogP contribution is 2.33. The number of hydrogen-bond donors (Lipinski definition) is 1. The third-order valence-corrected chi connectivity index (χ3v) is 8.40. The molecule has 212 valence electrons. The summed E-state index contributed by atoms with van der Waals surface area (Å²) in [5, 5.41) is 8.10. The van der Waals surface area contributed by atoms with E-state index in [1.165, 1.54) is 5.69 Å². The van der Waals surface area contributed by atoms with Crippen molar-refractivity contribution in [1.82, 2.24) is 24.9 Å². The first-order valence-corrected chi connectivity index (χ1v) is 14.2. The van der Waals surface area contributed by atoms with Crippen molar-refractivity contribution in [2.45, 2.75) is 58.5 Å². The van der Waals surface area contributed by atoms with E-state index in [-0.39, 0.29) is 23.8 Å². The number of ether oxygens (including phenoxy) is 1. The number of imide groups is 1. The van der Waals surface area contributed by atoms with Crippen molar-refractivity contribution in [2.75, 3.05) is 50.7 Å². The molecule has 1 aromatic heterocycles. The van der Waals surface area contributed by atoms with Crippen molar-refractivity contribution < 1.29 is 19.1 Å². The highest BCUT2D eigenvalue weighted by molar-refractivity contribution is 6.02. The average Bonchev–Trinajstić information content (AvgIpc) is 3.20. The highest BCUT2D eigenvalue weighted by atomic mass is 16.6. The molecule has 0 spiro atoms. The average molecular weight is 539 g/mol. The van der Waals surface area contributed by atoms with E-state index in [4.69, 9.17) is 4.74 Å². The maximum Gasteiger partial charge on any atom is 0.410 e. The molecular formula is C29H42N6O4. The van der Waals surface area contributed by atoms with Gasteiger partial charge in [-0.1, -0.05) is 6.92 Å². The molecule has 0 radical (unpaired) electrons. The van der Waals surface area contributed by atoms with Crippen LogP contribution in [-0.2, 0) is 21.4 Å². The van der Waals surface area contributed by atoms with E-state index in [0.29, 0.717) is 24.7 Å². The molecule has 10 heteroatoms. The van der Waals surface area contributed by atoms with Crippen LogP contribution in [0.5, 0.6) is 0 Å². The summed E-state index contributed by atoms with van der Waals surface area (Å²) < 4.78 is 7.42. The number of nitrogens with one attached hydrogen (secondary N) is 1. The number of aromatic nitrogens is 2. The third-order valence-electron chi connectivity index (χ3n) is 8.40. The summed E-state index contributed by atoms with van der Waals surface area (Å²) >= 11 is 0. The second-order valence-corrected chi connectivity index (χ2v) is 12.5. The van der Waals surface area contributed by atoms with Crippen LogP contribution in [0.3, 0.4) is 0 Å². The predicted molar refractivity (Wildman–Crippen MR) is 150 cm³/mol. The zero-order valence-corrected chi connectivity index (χ0v) is 23.9. The molecule has 1 N–H and O–H groups in total. The van der Waals surface area contributed by atoms with Crippen molar-refractivity contribution in [2.24, 2.45) is 18.9 Å². The number of piperidine rings is 2. The van der Waals surface area contributed by atoms with Gasteiger partial charge in [-0.05, 0) is 63.6 Å². The fourth-order valence-corrected chi connectivity index (χ4v) is 6.16.